The molecule has 2 rings (SSSR count). The van der Waals surface area contributed by atoms with Crippen molar-refractivity contribution in [2.24, 2.45) is 0 Å². The number of aliphatic hydroxyl groups excluding tert-OH is 1. The Balaban J connectivity index is 2.22. The monoisotopic (exact) mass is 214 g/mol. The van der Waals surface area contributed by atoms with Crippen molar-refractivity contribution in [3.05, 3.63) is 29.3 Å². The Bertz CT molecular complexity index is 348. The Morgan fingerprint density at radius 2 is 2.13 bits per heavy atom. The molecule has 1 aromatic carbocycles. The van der Waals surface area contributed by atoms with Gasteiger partial charge < -0.3 is 9.84 Å². The quantitative estimate of drug-likeness (QED) is 0.834. The van der Waals surface area contributed by atoms with Crippen LogP contribution < -0.4 is 4.74 Å². The summed E-state index contributed by atoms with van der Waals surface area (Å²) in [5.41, 5.74) is 1.53. The smallest absolute Gasteiger partial charge is 0.387 e. The first-order valence-electron chi connectivity index (χ1n) is 4.89. The molecule has 0 atom stereocenters. The number of halogens is 2. The van der Waals surface area contributed by atoms with E-state index in [0.29, 0.717) is 11.5 Å². The molecule has 1 aliphatic rings. The molecule has 0 aliphatic heterocycles. The number of hydrogen-bond acceptors (Lipinski definition) is 2. The van der Waals surface area contributed by atoms with E-state index in [1.54, 1.807) is 12.1 Å². The van der Waals surface area contributed by atoms with Crippen molar-refractivity contribution in [3.8, 4) is 5.75 Å². The summed E-state index contributed by atoms with van der Waals surface area (Å²) < 4.78 is 28.3. The fraction of sp³-hybridized carbons (Fsp3) is 0.455. The van der Waals surface area contributed by atoms with E-state index in [4.69, 9.17) is 5.11 Å². The second-order valence-corrected chi connectivity index (χ2v) is 3.68. The molecule has 1 N–H and O–H groups in total. The van der Waals surface area contributed by atoms with Crippen LogP contribution in [0, 0.1) is 0 Å². The fourth-order valence-corrected chi connectivity index (χ4v) is 1.60. The molecule has 1 fully saturated rings. The lowest BCUT2D eigenvalue weighted by Crippen LogP contribution is -2.04. The highest BCUT2D eigenvalue weighted by molar-refractivity contribution is 5.39. The summed E-state index contributed by atoms with van der Waals surface area (Å²) in [7, 11) is 0. The molecule has 2 nitrogen and oxygen atoms in total. The minimum absolute atomic E-state index is 0.0666. The summed E-state index contributed by atoms with van der Waals surface area (Å²) >= 11 is 0. The molecule has 4 heteroatoms. The minimum Gasteiger partial charge on any atom is -0.434 e. The summed E-state index contributed by atoms with van der Waals surface area (Å²) in [6, 6.07) is 5.04. The largest absolute Gasteiger partial charge is 0.434 e. The molecule has 15 heavy (non-hydrogen) atoms. The number of aliphatic hydroxyl groups is 1. The molecule has 0 unspecified atom stereocenters. The van der Waals surface area contributed by atoms with E-state index in [1.165, 1.54) is 6.07 Å². The van der Waals surface area contributed by atoms with Gasteiger partial charge in [-0.25, -0.2) is 0 Å². The van der Waals surface area contributed by atoms with E-state index in [-0.39, 0.29) is 12.4 Å². The van der Waals surface area contributed by atoms with Crippen LogP contribution in [0.5, 0.6) is 5.75 Å². The molecular weight excluding hydrogens is 202 g/mol. The van der Waals surface area contributed by atoms with Crippen molar-refractivity contribution in [2.45, 2.75) is 32.0 Å². The van der Waals surface area contributed by atoms with Crippen LogP contribution in [-0.4, -0.2) is 11.7 Å². The highest BCUT2D eigenvalue weighted by Gasteiger charge is 2.24. The van der Waals surface area contributed by atoms with Gasteiger partial charge in [0.2, 0.25) is 0 Å². The lowest BCUT2D eigenvalue weighted by Gasteiger charge is -2.10. The van der Waals surface area contributed by atoms with Gasteiger partial charge >= 0.3 is 6.61 Å². The summed E-state index contributed by atoms with van der Waals surface area (Å²) in [4.78, 5) is 0. The normalized spacial score (nSPS) is 15.7. The molecule has 1 saturated carbocycles. The van der Waals surface area contributed by atoms with Crippen LogP contribution in [0.25, 0.3) is 0 Å². The lowest BCUT2D eigenvalue weighted by atomic mass is 10.1. The van der Waals surface area contributed by atoms with Gasteiger partial charge in [0.15, 0.2) is 0 Å². The van der Waals surface area contributed by atoms with Crippen LogP contribution in [0.2, 0.25) is 0 Å². The van der Waals surface area contributed by atoms with Crippen molar-refractivity contribution in [2.75, 3.05) is 0 Å². The zero-order chi connectivity index (χ0) is 10.8. The maximum atomic E-state index is 12.0. The molecule has 0 heterocycles. The average Bonchev–Trinajstić information content (AvgIpc) is 3.01. The van der Waals surface area contributed by atoms with Gasteiger partial charge in [-0.3, -0.25) is 0 Å². The molecule has 1 aliphatic carbocycles. The van der Waals surface area contributed by atoms with Crippen molar-refractivity contribution >= 4 is 0 Å². The summed E-state index contributed by atoms with van der Waals surface area (Å²) in [5, 5.41) is 9.03. The standard InChI is InChI=1S/C11H12F2O2/c12-11(13)15-10-4-3-8(7-1-2-7)5-9(10)6-14/h3-5,7,11,14H,1-2,6H2. The second kappa shape index (κ2) is 4.14. The maximum Gasteiger partial charge on any atom is 0.387 e. The molecule has 0 spiro atoms. The average molecular weight is 214 g/mol. The van der Waals surface area contributed by atoms with Crippen LogP contribution in [-0.2, 0) is 6.61 Å². The molecule has 0 radical (unpaired) electrons. The van der Waals surface area contributed by atoms with E-state index < -0.39 is 6.61 Å². The van der Waals surface area contributed by atoms with Gasteiger partial charge in [0, 0.05) is 5.56 Å². The second-order valence-electron chi connectivity index (χ2n) is 3.68. The van der Waals surface area contributed by atoms with E-state index in [2.05, 4.69) is 4.74 Å². The van der Waals surface area contributed by atoms with Gasteiger partial charge in [0.05, 0.1) is 6.61 Å². The molecule has 0 aromatic heterocycles. The molecule has 82 valence electrons. The Hall–Kier alpha value is -1.16. The predicted molar refractivity (Wildman–Crippen MR) is 51.0 cm³/mol. The van der Waals surface area contributed by atoms with Gasteiger partial charge in [-0.15, -0.1) is 0 Å². The Labute approximate surface area is 86.5 Å². The first-order chi connectivity index (χ1) is 7.20. The Kier molecular flexibility index (Phi) is 2.86. The van der Waals surface area contributed by atoms with Crippen molar-refractivity contribution < 1.29 is 18.6 Å². The van der Waals surface area contributed by atoms with E-state index in [1.807, 2.05) is 0 Å². The first-order valence-corrected chi connectivity index (χ1v) is 4.89. The van der Waals surface area contributed by atoms with E-state index in [0.717, 1.165) is 18.4 Å². The van der Waals surface area contributed by atoms with Crippen LogP contribution in [0.4, 0.5) is 8.78 Å². The van der Waals surface area contributed by atoms with Gasteiger partial charge in [-0.2, -0.15) is 8.78 Å². The number of rotatable bonds is 4. The predicted octanol–water partition coefficient (Wildman–Crippen LogP) is 2.66. The van der Waals surface area contributed by atoms with Crippen molar-refractivity contribution in [1.82, 2.24) is 0 Å². The number of benzene rings is 1. The zero-order valence-corrected chi connectivity index (χ0v) is 8.12. The zero-order valence-electron chi connectivity index (χ0n) is 8.12. The third-order valence-corrected chi connectivity index (χ3v) is 2.52. The molecule has 0 bridgehead atoms. The third kappa shape index (κ3) is 2.45. The van der Waals surface area contributed by atoms with Crippen LogP contribution >= 0.6 is 0 Å². The van der Waals surface area contributed by atoms with Gasteiger partial charge in [-0.05, 0) is 36.5 Å². The fourth-order valence-electron chi connectivity index (χ4n) is 1.60. The topological polar surface area (TPSA) is 29.5 Å². The van der Waals surface area contributed by atoms with Crippen LogP contribution in [0.3, 0.4) is 0 Å². The number of ether oxygens (including phenoxy) is 1. The van der Waals surface area contributed by atoms with Crippen molar-refractivity contribution in [3.63, 3.8) is 0 Å². The van der Waals surface area contributed by atoms with Gasteiger partial charge in [0.25, 0.3) is 0 Å². The molecule has 1 aromatic rings. The summed E-state index contributed by atoms with van der Waals surface area (Å²) in [6.45, 7) is -3.12. The maximum absolute atomic E-state index is 12.0. The van der Waals surface area contributed by atoms with Crippen LogP contribution in [0.1, 0.15) is 29.9 Å². The lowest BCUT2D eigenvalue weighted by molar-refractivity contribution is -0.0509. The van der Waals surface area contributed by atoms with Gasteiger partial charge in [-0.1, -0.05) is 6.07 Å². The number of alkyl halides is 2. The Morgan fingerprint density at radius 3 is 2.67 bits per heavy atom. The highest BCUT2D eigenvalue weighted by Crippen LogP contribution is 2.41. The number of hydrogen-bond donors (Lipinski definition) is 1. The molecule has 0 amide bonds. The van der Waals surface area contributed by atoms with Crippen LogP contribution in [0.15, 0.2) is 18.2 Å². The van der Waals surface area contributed by atoms with Crippen molar-refractivity contribution in [1.29, 1.82) is 0 Å². The Morgan fingerprint density at radius 1 is 1.40 bits per heavy atom. The molecular formula is C11H12F2O2. The van der Waals surface area contributed by atoms with Gasteiger partial charge in [0.1, 0.15) is 5.75 Å². The first kappa shape index (κ1) is 10.4. The van der Waals surface area contributed by atoms with E-state index in [9.17, 15) is 8.78 Å². The SMILES string of the molecule is OCc1cc(C2CC2)ccc1OC(F)F. The summed E-state index contributed by atoms with van der Waals surface area (Å²) in [5.74, 6) is 0.604. The molecule has 0 saturated heterocycles. The highest BCUT2D eigenvalue weighted by atomic mass is 19.3. The third-order valence-electron chi connectivity index (χ3n) is 2.52. The minimum atomic E-state index is -2.85. The van der Waals surface area contributed by atoms with E-state index >= 15 is 0 Å². The summed E-state index contributed by atoms with van der Waals surface area (Å²) in [6.07, 6.45) is 2.28.